The SMILES string of the molecule is O=C([O-])C1Sc2nccc3c2C1NC(=O)N3c1ccc(OC2COC2)cc1.[Li+]. The summed E-state index contributed by atoms with van der Waals surface area (Å²) in [6.45, 7) is 1.16. The standard InChI is InChI=1S/C18H15N3O5S.Li/c22-17(23)15-14-13-12(5-6-19-16(13)27-15)21(18(24)20-14)9-1-3-10(4-2-9)26-11-7-25-8-11;/h1-6,11,14-15H,7-8H2,(H,20,24)(H,22,23);/q;+1/p-1. The Labute approximate surface area is 176 Å². The second kappa shape index (κ2) is 7.33. The van der Waals surface area contributed by atoms with Crippen LogP contribution in [0.4, 0.5) is 16.2 Å². The average Bonchev–Trinajstić information content (AvgIpc) is 2.99. The minimum atomic E-state index is -1.22. The number of anilines is 2. The molecule has 2 unspecified atom stereocenters. The summed E-state index contributed by atoms with van der Waals surface area (Å²) >= 11 is 1.10. The minimum absolute atomic E-state index is 0. The van der Waals surface area contributed by atoms with Crippen LogP contribution in [0.15, 0.2) is 41.6 Å². The van der Waals surface area contributed by atoms with E-state index in [0.29, 0.717) is 40.9 Å². The van der Waals surface area contributed by atoms with Crippen molar-refractivity contribution in [2.75, 3.05) is 18.1 Å². The molecule has 0 aliphatic carbocycles. The minimum Gasteiger partial charge on any atom is -0.549 e. The Morgan fingerprint density at radius 1 is 1.29 bits per heavy atom. The van der Waals surface area contributed by atoms with Gasteiger partial charge in [0.1, 0.15) is 16.9 Å². The number of pyridine rings is 1. The molecule has 8 nitrogen and oxygen atoms in total. The summed E-state index contributed by atoms with van der Waals surface area (Å²) in [5, 5.41) is 13.9. The van der Waals surface area contributed by atoms with E-state index in [0.717, 1.165) is 11.8 Å². The van der Waals surface area contributed by atoms with E-state index in [2.05, 4.69) is 10.3 Å². The number of carbonyl (C=O) groups is 2. The Balaban J connectivity index is 0.00000192. The smallest absolute Gasteiger partial charge is 0.549 e. The van der Waals surface area contributed by atoms with Gasteiger partial charge in [-0.05, 0) is 30.3 Å². The molecule has 3 aliphatic rings. The summed E-state index contributed by atoms with van der Waals surface area (Å²) in [7, 11) is 0. The number of thioether (sulfide) groups is 1. The molecule has 2 atom stereocenters. The van der Waals surface area contributed by atoms with E-state index in [1.165, 1.54) is 4.90 Å². The maximum atomic E-state index is 12.8. The summed E-state index contributed by atoms with van der Waals surface area (Å²) in [4.78, 5) is 30.0. The zero-order valence-electron chi connectivity index (χ0n) is 15.0. The summed E-state index contributed by atoms with van der Waals surface area (Å²) in [5.41, 5.74) is 1.99. The van der Waals surface area contributed by atoms with E-state index in [4.69, 9.17) is 9.47 Å². The topological polar surface area (TPSA) is 104 Å². The maximum Gasteiger partial charge on any atom is 1.00 e. The van der Waals surface area contributed by atoms with Crippen molar-refractivity contribution in [3.8, 4) is 5.75 Å². The molecule has 1 fully saturated rings. The van der Waals surface area contributed by atoms with E-state index in [-0.39, 0.29) is 31.0 Å². The van der Waals surface area contributed by atoms with Gasteiger partial charge in [-0.25, -0.2) is 9.78 Å². The average molecular weight is 391 g/mol. The molecule has 1 saturated heterocycles. The summed E-state index contributed by atoms with van der Waals surface area (Å²) in [5.74, 6) is -0.515. The second-order valence-electron chi connectivity index (χ2n) is 6.44. The molecular weight excluding hydrogens is 377 g/mol. The van der Waals surface area contributed by atoms with Crippen molar-refractivity contribution in [3.63, 3.8) is 0 Å². The number of hydrogen-bond acceptors (Lipinski definition) is 7. The largest absolute Gasteiger partial charge is 1.00 e. The monoisotopic (exact) mass is 391 g/mol. The molecule has 3 aliphatic heterocycles. The quantitative estimate of drug-likeness (QED) is 0.601. The fraction of sp³-hybridized carbons (Fsp3) is 0.278. The normalized spacial score (nSPS) is 22.6. The molecule has 5 rings (SSSR count). The number of amides is 2. The van der Waals surface area contributed by atoms with Crippen molar-refractivity contribution in [3.05, 3.63) is 42.1 Å². The molecule has 1 N–H and O–H groups in total. The molecule has 0 radical (unpaired) electrons. The van der Waals surface area contributed by atoms with E-state index in [1.54, 1.807) is 36.5 Å². The van der Waals surface area contributed by atoms with Crippen LogP contribution in [0.1, 0.15) is 11.6 Å². The van der Waals surface area contributed by atoms with Gasteiger partial charge in [-0.1, -0.05) is 11.8 Å². The molecule has 138 valence electrons. The molecule has 0 bridgehead atoms. The molecule has 4 heterocycles. The van der Waals surface area contributed by atoms with Gasteiger partial charge in [-0.3, -0.25) is 4.90 Å². The van der Waals surface area contributed by atoms with Crippen LogP contribution in [0, 0.1) is 0 Å². The van der Waals surface area contributed by atoms with Crippen LogP contribution in [0.3, 0.4) is 0 Å². The molecule has 28 heavy (non-hydrogen) atoms. The number of aliphatic carboxylic acids is 1. The maximum absolute atomic E-state index is 12.8. The number of urea groups is 1. The Hall–Kier alpha value is -2.18. The van der Waals surface area contributed by atoms with E-state index < -0.39 is 17.3 Å². The van der Waals surface area contributed by atoms with Crippen molar-refractivity contribution in [1.82, 2.24) is 10.3 Å². The van der Waals surface area contributed by atoms with Crippen LogP contribution in [0.2, 0.25) is 0 Å². The Morgan fingerprint density at radius 3 is 2.68 bits per heavy atom. The third-order valence-corrected chi connectivity index (χ3v) is 6.01. The van der Waals surface area contributed by atoms with Gasteiger partial charge in [0.05, 0.1) is 41.8 Å². The number of aromatic nitrogens is 1. The number of carbonyl (C=O) groups excluding carboxylic acids is 2. The number of rotatable bonds is 4. The number of carboxylic acid groups (broad SMARTS) is 1. The predicted molar refractivity (Wildman–Crippen MR) is 94.0 cm³/mol. The van der Waals surface area contributed by atoms with E-state index in [9.17, 15) is 14.7 Å². The van der Waals surface area contributed by atoms with Crippen LogP contribution in [-0.2, 0) is 9.53 Å². The number of hydrogen-bond donors (Lipinski definition) is 1. The molecule has 10 heteroatoms. The Kier molecular flexibility index (Phi) is 5.01. The predicted octanol–water partition coefficient (Wildman–Crippen LogP) is -2.01. The van der Waals surface area contributed by atoms with E-state index in [1.807, 2.05) is 0 Å². The van der Waals surface area contributed by atoms with Gasteiger partial charge in [-0.2, -0.15) is 0 Å². The van der Waals surface area contributed by atoms with Gasteiger partial charge >= 0.3 is 24.9 Å². The molecule has 0 saturated carbocycles. The van der Waals surface area contributed by atoms with Gasteiger partial charge in [0.2, 0.25) is 0 Å². The summed E-state index contributed by atoms with van der Waals surface area (Å²) < 4.78 is 10.8. The van der Waals surface area contributed by atoms with Crippen LogP contribution in [-0.4, -0.2) is 41.6 Å². The van der Waals surface area contributed by atoms with Crippen LogP contribution in [0.5, 0.6) is 5.75 Å². The van der Waals surface area contributed by atoms with Gasteiger partial charge < -0.3 is 24.7 Å². The first-order chi connectivity index (χ1) is 13.1. The van der Waals surface area contributed by atoms with Crippen molar-refractivity contribution < 1.29 is 43.0 Å². The third-order valence-electron chi connectivity index (χ3n) is 4.74. The van der Waals surface area contributed by atoms with Crippen LogP contribution >= 0.6 is 11.8 Å². The van der Waals surface area contributed by atoms with Crippen molar-refractivity contribution in [2.45, 2.75) is 22.4 Å². The van der Waals surface area contributed by atoms with Gasteiger partial charge in [0.25, 0.3) is 0 Å². The first-order valence-corrected chi connectivity index (χ1v) is 9.31. The third kappa shape index (κ3) is 3.04. The number of carboxylic acids is 1. The zero-order valence-corrected chi connectivity index (χ0v) is 15.8. The number of nitrogens with one attached hydrogen (secondary N) is 1. The summed E-state index contributed by atoms with van der Waals surface area (Å²) in [6.07, 6.45) is 1.65. The Bertz CT molecular complexity index is 937. The molecule has 2 aromatic rings. The Morgan fingerprint density at radius 2 is 2.04 bits per heavy atom. The van der Waals surface area contributed by atoms with Gasteiger partial charge in [0, 0.05) is 11.8 Å². The first kappa shape index (κ1) is 19.1. The zero-order chi connectivity index (χ0) is 18.5. The van der Waals surface area contributed by atoms with Crippen LogP contribution in [0.25, 0.3) is 0 Å². The van der Waals surface area contributed by atoms with Crippen LogP contribution < -0.4 is 38.9 Å². The molecule has 1 aromatic heterocycles. The van der Waals surface area contributed by atoms with E-state index >= 15 is 0 Å². The molecular formula is C18H14LiN3O5S. The molecule has 1 aromatic carbocycles. The van der Waals surface area contributed by atoms with Crippen molar-refractivity contribution in [1.29, 1.82) is 0 Å². The second-order valence-corrected chi connectivity index (χ2v) is 7.57. The number of benzene rings is 1. The summed E-state index contributed by atoms with van der Waals surface area (Å²) in [6, 6.07) is 7.86. The molecule has 2 amide bonds. The van der Waals surface area contributed by atoms with Crippen molar-refractivity contribution in [2.24, 2.45) is 0 Å². The molecule has 0 spiro atoms. The fourth-order valence-corrected chi connectivity index (χ4v) is 4.57. The fourth-order valence-electron chi connectivity index (χ4n) is 3.41. The first-order valence-electron chi connectivity index (χ1n) is 8.43. The van der Waals surface area contributed by atoms with Crippen molar-refractivity contribution >= 4 is 35.1 Å². The number of ether oxygens (including phenoxy) is 2. The van der Waals surface area contributed by atoms with Gasteiger partial charge in [0.15, 0.2) is 0 Å². The number of nitrogens with zero attached hydrogens (tertiary/aromatic N) is 2. The van der Waals surface area contributed by atoms with Gasteiger partial charge in [-0.15, -0.1) is 0 Å².